The van der Waals surface area contributed by atoms with Gasteiger partial charge in [0.25, 0.3) is 0 Å². The molecule has 0 radical (unpaired) electrons. The number of carbonyl (C=O) groups is 2. The summed E-state index contributed by atoms with van der Waals surface area (Å²) in [5, 5.41) is 6.43. The molecule has 0 atom stereocenters. The summed E-state index contributed by atoms with van der Waals surface area (Å²) in [5.74, 6) is 1.63. The Hall–Kier alpha value is -6.64. The predicted molar refractivity (Wildman–Crippen MR) is 218 cm³/mol. The molecule has 4 heterocycles. The lowest BCUT2D eigenvalue weighted by Gasteiger charge is -2.27. The number of halogens is 1. The number of benzene rings is 3. The van der Waals surface area contributed by atoms with Gasteiger partial charge in [-0.25, -0.2) is 19.7 Å². The number of ether oxygens (including phenoxy) is 2. The van der Waals surface area contributed by atoms with Crippen LogP contribution in [0.1, 0.15) is 31.8 Å². The summed E-state index contributed by atoms with van der Waals surface area (Å²) in [6.07, 6.45) is 7.72. The molecule has 1 fully saturated rings. The number of pyridine rings is 1. The van der Waals surface area contributed by atoms with Crippen molar-refractivity contribution in [2.24, 2.45) is 0 Å². The lowest BCUT2D eigenvalue weighted by Crippen LogP contribution is -2.36. The van der Waals surface area contributed by atoms with Crippen molar-refractivity contribution in [3.05, 3.63) is 132 Å². The second-order valence-corrected chi connectivity index (χ2v) is 12.0. The van der Waals surface area contributed by atoms with Crippen molar-refractivity contribution in [1.29, 1.82) is 0 Å². The molecule has 0 amide bonds. The molecule has 15 heteroatoms. The highest BCUT2D eigenvalue weighted by Gasteiger charge is 2.13. The van der Waals surface area contributed by atoms with Crippen LogP contribution in [0.25, 0.3) is 11.3 Å². The number of nitrogens with two attached hydrogens (primary N) is 2. The first-order valence-electron chi connectivity index (χ1n) is 17.0. The molecule has 0 saturated carbocycles. The molecule has 0 spiro atoms. The number of aryl methyl sites for hydroxylation is 2. The van der Waals surface area contributed by atoms with Crippen molar-refractivity contribution in [2.45, 2.75) is 13.8 Å². The SMILES string of the molecule is COC(=O)c1ccc(C=O)cc1.Cc1ccc(N)cc1Nc1nccc(-c2cccnc2)n1.Cc1ccc(N)cc1Nc1nccc(N2CCOCC2)n1.Cl. The fourth-order valence-corrected chi connectivity index (χ4v) is 5.08. The van der Waals surface area contributed by atoms with Crippen molar-refractivity contribution >= 4 is 65.1 Å². The molecule has 0 aliphatic carbocycles. The molecule has 3 aromatic carbocycles. The van der Waals surface area contributed by atoms with Crippen LogP contribution >= 0.6 is 12.4 Å². The maximum Gasteiger partial charge on any atom is 0.337 e. The summed E-state index contributed by atoms with van der Waals surface area (Å²) in [4.78, 5) is 45.0. The van der Waals surface area contributed by atoms with Gasteiger partial charge in [-0.3, -0.25) is 9.78 Å². The Bertz CT molecular complexity index is 2150. The molecule has 14 nitrogen and oxygen atoms in total. The van der Waals surface area contributed by atoms with Gasteiger partial charge in [0.1, 0.15) is 12.1 Å². The minimum Gasteiger partial charge on any atom is -0.465 e. The molecule has 6 N–H and O–H groups in total. The number of anilines is 7. The minimum absolute atomic E-state index is 0. The third kappa shape index (κ3) is 12.2. The van der Waals surface area contributed by atoms with E-state index in [1.807, 2.05) is 74.5 Å². The van der Waals surface area contributed by atoms with E-state index in [9.17, 15) is 9.59 Å². The molecule has 7 rings (SSSR count). The smallest absolute Gasteiger partial charge is 0.337 e. The highest BCUT2D eigenvalue weighted by atomic mass is 35.5. The Balaban J connectivity index is 0.000000189. The van der Waals surface area contributed by atoms with Gasteiger partial charge >= 0.3 is 5.97 Å². The molecular weight excluding hydrogens is 720 g/mol. The quantitative estimate of drug-likeness (QED) is 0.0715. The Morgan fingerprint density at radius 2 is 1.40 bits per heavy atom. The van der Waals surface area contributed by atoms with Crippen LogP contribution in [0.15, 0.2) is 110 Å². The molecule has 0 unspecified atom stereocenters. The Kier molecular flexibility index (Phi) is 15.4. The Morgan fingerprint density at radius 3 is 1.96 bits per heavy atom. The van der Waals surface area contributed by atoms with Crippen LogP contribution < -0.4 is 27.0 Å². The van der Waals surface area contributed by atoms with E-state index >= 15 is 0 Å². The number of hydrogen-bond donors (Lipinski definition) is 4. The zero-order valence-electron chi connectivity index (χ0n) is 30.7. The van der Waals surface area contributed by atoms with Gasteiger partial charge < -0.3 is 36.5 Å². The number of rotatable bonds is 8. The molecule has 6 aromatic rings. The van der Waals surface area contributed by atoms with Crippen molar-refractivity contribution in [2.75, 3.05) is 60.4 Å². The fourth-order valence-electron chi connectivity index (χ4n) is 5.08. The normalized spacial score (nSPS) is 11.7. The summed E-state index contributed by atoms with van der Waals surface area (Å²) >= 11 is 0. The summed E-state index contributed by atoms with van der Waals surface area (Å²) in [5.41, 5.74) is 19.8. The second kappa shape index (κ2) is 20.6. The summed E-state index contributed by atoms with van der Waals surface area (Å²) in [7, 11) is 1.32. The van der Waals surface area contributed by atoms with Crippen molar-refractivity contribution in [1.82, 2.24) is 24.9 Å². The number of nitrogens with zero attached hydrogens (tertiary/aromatic N) is 6. The van der Waals surface area contributed by atoms with Crippen molar-refractivity contribution < 1.29 is 19.1 Å². The maximum atomic E-state index is 10.9. The monoisotopic (exact) mass is 762 g/mol. The first-order valence-corrected chi connectivity index (χ1v) is 17.0. The van der Waals surface area contributed by atoms with Gasteiger partial charge in [0.05, 0.1) is 31.6 Å². The zero-order valence-corrected chi connectivity index (χ0v) is 31.5. The summed E-state index contributed by atoms with van der Waals surface area (Å²) in [6.45, 7) is 7.21. The average Bonchev–Trinajstić information content (AvgIpc) is 3.22. The number of aldehydes is 1. The zero-order chi connectivity index (χ0) is 38.3. The van der Waals surface area contributed by atoms with Crippen molar-refractivity contribution in [3.8, 4) is 11.3 Å². The minimum atomic E-state index is -0.396. The summed E-state index contributed by atoms with van der Waals surface area (Å²) in [6, 6.07) is 25.3. The van der Waals surface area contributed by atoms with Gasteiger partial charge in [0.15, 0.2) is 0 Å². The second-order valence-electron chi connectivity index (χ2n) is 12.0. The highest BCUT2D eigenvalue weighted by Crippen LogP contribution is 2.24. The van der Waals surface area contributed by atoms with Gasteiger partial charge in [-0.15, -0.1) is 12.4 Å². The number of methoxy groups -OCH3 is 1. The van der Waals surface area contributed by atoms with E-state index in [1.165, 1.54) is 7.11 Å². The molecule has 284 valence electrons. The maximum absolute atomic E-state index is 10.9. The number of morpholine rings is 1. The number of carbonyl (C=O) groups excluding carboxylic acids is 2. The largest absolute Gasteiger partial charge is 0.465 e. The number of hydrogen-bond acceptors (Lipinski definition) is 14. The van der Waals surface area contributed by atoms with E-state index in [2.05, 4.69) is 45.2 Å². The van der Waals surface area contributed by atoms with Crippen LogP contribution in [0, 0.1) is 13.8 Å². The van der Waals surface area contributed by atoms with E-state index in [1.54, 1.807) is 49.1 Å². The Labute approximate surface area is 325 Å². The number of nitrogen functional groups attached to an aromatic ring is 2. The van der Waals surface area contributed by atoms with Gasteiger partial charge in [-0.1, -0.05) is 24.3 Å². The van der Waals surface area contributed by atoms with Crippen LogP contribution in [-0.4, -0.2) is 70.6 Å². The van der Waals surface area contributed by atoms with E-state index < -0.39 is 5.97 Å². The molecule has 1 saturated heterocycles. The van der Waals surface area contributed by atoms with Crippen LogP contribution in [-0.2, 0) is 9.47 Å². The van der Waals surface area contributed by atoms with Gasteiger partial charge in [-0.2, -0.15) is 4.98 Å². The van der Waals surface area contributed by atoms with Crippen LogP contribution in [0.3, 0.4) is 0 Å². The van der Waals surface area contributed by atoms with Crippen LogP contribution in [0.5, 0.6) is 0 Å². The van der Waals surface area contributed by atoms with Crippen molar-refractivity contribution in [3.63, 3.8) is 0 Å². The summed E-state index contributed by atoms with van der Waals surface area (Å²) < 4.78 is 9.84. The van der Waals surface area contributed by atoms with E-state index in [0.717, 1.165) is 72.2 Å². The Morgan fingerprint density at radius 1 is 0.800 bits per heavy atom. The molecule has 55 heavy (non-hydrogen) atoms. The first kappa shape index (κ1) is 41.1. The lowest BCUT2D eigenvalue weighted by atomic mass is 10.1. The van der Waals surface area contributed by atoms with Gasteiger partial charge in [0.2, 0.25) is 11.9 Å². The number of nitrogens with one attached hydrogen (secondary N) is 2. The van der Waals surface area contributed by atoms with Crippen LogP contribution in [0.2, 0.25) is 0 Å². The van der Waals surface area contributed by atoms with Gasteiger partial charge in [0, 0.05) is 71.8 Å². The van der Waals surface area contributed by atoms with E-state index in [-0.39, 0.29) is 12.4 Å². The average molecular weight is 763 g/mol. The highest BCUT2D eigenvalue weighted by molar-refractivity contribution is 5.90. The molecule has 3 aromatic heterocycles. The van der Waals surface area contributed by atoms with Crippen LogP contribution in [0.4, 0.5) is 40.5 Å². The number of aromatic nitrogens is 5. The molecular formula is C40H43ClN10O4. The number of esters is 1. The lowest BCUT2D eigenvalue weighted by molar-refractivity contribution is 0.0600. The first-order chi connectivity index (χ1) is 26.2. The predicted octanol–water partition coefficient (Wildman–Crippen LogP) is 6.83. The topological polar surface area (TPSA) is 196 Å². The molecule has 1 aliphatic heterocycles. The third-order valence-electron chi connectivity index (χ3n) is 8.07. The van der Waals surface area contributed by atoms with E-state index in [0.29, 0.717) is 34.4 Å². The standard InChI is InChI=1S/C16H15N5.C15H19N5O.C9H8O3.ClH/c1-11-4-5-13(17)9-15(11)21-16-19-8-6-14(20-16)12-3-2-7-18-10-12;1-11-2-3-12(16)10-13(11)18-15-17-5-4-14(19-15)20-6-8-21-9-7-20;1-12-9(11)8-4-2-7(6-10)3-5-8;/h2-10H,17H2,1H3,(H,19,20,21);2-5,10H,6-9,16H2,1H3,(H,17,18,19);2-6H,1H3;1H. The third-order valence-corrected chi connectivity index (χ3v) is 8.07. The molecule has 0 bridgehead atoms. The molecule has 1 aliphatic rings. The van der Waals surface area contributed by atoms with Gasteiger partial charge in [-0.05, 0) is 85.6 Å². The fraction of sp³-hybridized carbons (Fsp3) is 0.175. The van der Waals surface area contributed by atoms with E-state index in [4.69, 9.17) is 16.2 Å².